The van der Waals surface area contributed by atoms with E-state index in [0.717, 1.165) is 24.2 Å². The Morgan fingerprint density at radius 1 is 1.07 bits per heavy atom. The molecule has 0 spiro atoms. The molecule has 2 aromatic carbocycles. The molecule has 1 heterocycles. The molecule has 0 atom stereocenters. The molecule has 0 saturated carbocycles. The van der Waals surface area contributed by atoms with Crippen molar-refractivity contribution in [3.05, 3.63) is 66.0 Å². The second kappa shape index (κ2) is 9.68. The molecule has 2 N–H and O–H groups in total. The molecule has 0 aliphatic heterocycles. The highest BCUT2D eigenvalue weighted by molar-refractivity contribution is 5.90. The Morgan fingerprint density at radius 3 is 2.62 bits per heavy atom. The van der Waals surface area contributed by atoms with Crippen LogP contribution in [0.4, 0.5) is 5.69 Å². The molecule has 29 heavy (non-hydrogen) atoms. The van der Waals surface area contributed by atoms with Crippen molar-refractivity contribution >= 4 is 11.6 Å². The van der Waals surface area contributed by atoms with Crippen LogP contribution in [0.2, 0.25) is 0 Å². The van der Waals surface area contributed by atoms with E-state index in [9.17, 15) is 9.90 Å². The van der Waals surface area contributed by atoms with Crippen molar-refractivity contribution in [3.63, 3.8) is 0 Å². The summed E-state index contributed by atoms with van der Waals surface area (Å²) < 4.78 is 5.81. The van der Waals surface area contributed by atoms with Crippen LogP contribution in [0, 0.1) is 13.8 Å². The first kappa shape index (κ1) is 20.3. The summed E-state index contributed by atoms with van der Waals surface area (Å²) in [7, 11) is 0. The highest BCUT2D eigenvalue weighted by Gasteiger charge is 2.06. The maximum absolute atomic E-state index is 12.1. The molecule has 0 saturated heterocycles. The number of nitrogens with zero attached hydrogens (tertiary/aromatic N) is 2. The lowest BCUT2D eigenvalue weighted by atomic mass is 10.1. The fraction of sp³-hybridized carbons (Fsp3) is 0.261. The van der Waals surface area contributed by atoms with E-state index in [0.29, 0.717) is 30.1 Å². The molecule has 0 fully saturated rings. The molecule has 0 aliphatic rings. The first-order valence-corrected chi connectivity index (χ1v) is 9.62. The molecule has 150 valence electrons. The minimum absolute atomic E-state index is 0.0783. The summed E-state index contributed by atoms with van der Waals surface area (Å²) in [4.78, 5) is 20.6. The summed E-state index contributed by atoms with van der Waals surface area (Å²) in [5.74, 6) is 1.47. The second-order valence-corrected chi connectivity index (χ2v) is 6.97. The Morgan fingerprint density at radius 2 is 1.86 bits per heavy atom. The number of phenolic OH excluding ortho intramolecular Hbond substituents is 1. The molecule has 0 radical (unpaired) electrons. The number of aromatic nitrogens is 2. The lowest BCUT2D eigenvalue weighted by molar-refractivity contribution is -0.116. The molecule has 6 heteroatoms. The van der Waals surface area contributed by atoms with E-state index < -0.39 is 0 Å². The number of anilines is 1. The SMILES string of the molecule is Cc1ccc(C)c(OCCCCC(=O)Nc2cnc(-c3cccc(O)c3)nc2)c1. The molecule has 0 unspecified atom stereocenters. The van der Waals surface area contributed by atoms with E-state index in [1.54, 1.807) is 30.6 Å². The zero-order chi connectivity index (χ0) is 20.6. The smallest absolute Gasteiger partial charge is 0.224 e. The Bertz CT molecular complexity index is 971. The van der Waals surface area contributed by atoms with Gasteiger partial charge in [0.05, 0.1) is 24.7 Å². The number of phenols is 1. The first-order chi connectivity index (χ1) is 14.0. The third-order valence-electron chi connectivity index (χ3n) is 4.44. The van der Waals surface area contributed by atoms with Crippen LogP contribution < -0.4 is 10.1 Å². The van der Waals surface area contributed by atoms with Crippen molar-refractivity contribution in [1.82, 2.24) is 9.97 Å². The lowest BCUT2D eigenvalue weighted by Gasteiger charge is -2.10. The molecule has 0 aliphatic carbocycles. The van der Waals surface area contributed by atoms with Crippen molar-refractivity contribution in [2.24, 2.45) is 0 Å². The van der Waals surface area contributed by atoms with E-state index >= 15 is 0 Å². The van der Waals surface area contributed by atoms with Crippen molar-refractivity contribution in [2.75, 3.05) is 11.9 Å². The van der Waals surface area contributed by atoms with Gasteiger partial charge in [0.2, 0.25) is 5.91 Å². The van der Waals surface area contributed by atoms with E-state index in [1.165, 1.54) is 5.56 Å². The monoisotopic (exact) mass is 391 g/mol. The van der Waals surface area contributed by atoms with E-state index in [2.05, 4.69) is 21.4 Å². The molecule has 1 amide bonds. The number of nitrogens with one attached hydrogen (secondary N) is 1. The van der Waals surface area contributed by atoms with E-state index in [4.69, 9.17) is 4.74 Å². The third-order valence-corrected chi connectivity index (χ3v) is 4.44. The summed E-state index contributed by atoms with van der Waals surface area (Å²) in [5.41, 5.74) is 3.54. The topological polar surface area (TPSA) is 84.3 Å². The van der Waals surface area contributed by atoms with Crippen molar-refractivity contribution in [3.8, 4) is 22.9 Å². The molecular formula is C23H25N3O3. The lowest BCUT2D eigenvalue weighted by Crippen LogP contribution is -2.12. The Kier molecular flexibility index (Phi) is 6.79. The van der Waals surface area contributed by atoms with Crippen LogP contribution in [0.3, 0.4) is 0 Å². The fourth-order valence-electron chi connectivity index (χ4n) is 2.84. The van der Waals surface area contributed by atoms with Crippen molar-refractivity contribution in [1.29, 1.82) is 0 Å². The molecule has 6 nitrogen and oxygen atoms in total. The van der Waals surface area contributed by atoms with Gasteiger partial charge in [-0.2, -0.15) is 0 Å². The number of ether oxygens (including phenoxy) is 1. The van der Waals surface area contributed by atoms with Gasteiger partial charge in [-0.3, -0.25) is 4.79 Å². The number of carbonyl (C=O) groups excluding carboxylic acids is 1. The predicted octanol–water partition coefficient (Wildman–Crippen LogP) is 4.65. The largest absolute Gasteiger partial charge is 0.508 e. The van der Waals surface area contributed by atoms with Crippen LogP contribution >= 0.6 is 0 Å². The van der Waals surface area contributed by atoms with Gasteiger partial charge in [-0.05, 0) is 56.0 Å². The van der Waals surface area contributed by atoms with Crippen LogP contribution in [0.15, 0.2) is 54.9 Å². The number of aromatic hydroxyl groups is 1. The average molecular weight is 391 g/mol. The Labute approximate surface area is 170 Å². The zero-order valence-electron chi connectivity index (χ0n) is 16.7. The minimum Gasteiger partial charge on any atom is -0.508 e. The highest BCUT2D eigenvalue weighted by Crippen LogP contribution is 2.21. The minimum atomic E-state index is -0.0783. The number of aryl methyl sites for hydroxylation is 2. The van der Waals surface area contributed by atoms with Gasteiger partial charge in [-0.15, -0.1) is 0 Å². The third kappa shape index (κ3) is 6.04. The maximum Gasteiger partial charge on any atom is 0.224 e. The second-order valence-electron chi connectivity index (χ2n) is 6.97. The quantitative estimate of drug-likeness (QED) is 0.546. The number of hydrogen-bond donors (Lipinski definition) is 2. The maximum atomic E-state index is 12.1. The first-order valence-electron chi connectivity index (χ1n) is 9.62. The summed E-state index contributed by atoms with van der Waals surface area (Å²) >= 11 is 0. The Balaban J connectivity index is 1.41. The number of benzene rings is 2. The Hall–Kier alpha value is -3.41. The average Bonchev–Trinajstić information content (AvgIpc) is 2.71. The van der Waals surface area contributed by atoms with Gasteiger partial charge < -0.3 is 15.2 Å². The number of amides is 1. The van der Waals surface area contributed by atoms with Gasteiger partial charge in [0.25, 0.3) is 0 Å². The van der Waals surface area contributed by atoms with Gasteiger partial charge >= 0.3 is 0 Å². The van der Waals surface area contributed by atoms with Crippen LogP contribution in [0.25, 0.3) is 11.4 Å². The number of hydrogen-bond acceptors (Lipinski definition) is 5. The highest BCUT2D eigenvalue weighted by atomic mass is 16.5. The van der Waals surface area contributed by atoms with E-state index in [1.807, 2.05) is 32.0 Å². The van der Waals surface area contributed by atoms with Crippen molar-refractivity contribution in [2.45, 2.75) is 33.1 Å². The molecular weight excluding hydrogens is 366 g/mol. The summed E-state index contributed by atoms with van der Waals surface area (Å²) in [6.07, 6.45) is 5.07. The van der Waals surface area contributed by atoms with Crippen LogP contribution in [-0.2, 0) is 4.79 Å². The van der Waals surface area contributed by atoms with Gasteiger partial charge in [0, 0.05) is 12.0 Å². The van der Waals surface area contributed by atoms with Crippen LogP contribution in [-0.4, -0.2) is 27.6 Å². The van der Waals surface area contributed by atoms with E-state index in [-0.39, 0.29) is 11.7 Å². The predicted molar refractivity (Wildman–Crippen MR) is 113 cm³/mol. The summed E-state index contributed by atoms with van der Waals surface area (Å²) in [5, 5.41) is 12.3. The van der Waals surface area contributed by atoms with Gasteiger partial charge in [-0.25, -0.2) is 9.97 Å². The fourth-order valence-corrected chi connectivity index (χ4v) is 2.84. The number of unbranched alkanes of at least 4 members (excludes halogenated alkanes) is 1. The molecule has 0 bridgehead atoms. The standard InChI is InChI=1S/C23H25N3O3/c1-16-9-10-17(2)21(12-16)29-11-4-3-8-22(28)26-19-14-24-23(25-15-19)18-6-5-7-20(27)13-18/h5-7,9-10,12-15,27H,3-4,8,11H2,1-2H3,(H,26,28). The van der Waals surface area contributed by atoms with Gasteiger partial charge in [0.15, 0.2) is 5.82 Å². The zero-order valence-corrected chi connectivity index (χ0v) is 16.7. The normalized spacial score (nSPS) is 10.6. The molecule has 1 aromatic heterocycles. The van der Waals surface area contributed by atoms with Crippen LogP contribution in [0.5, 0.6) is 11.5 Å². The molecule has 3 aromatic rings. The number of carbonyl (C=O) groups is 1. The molecule has 3 rings (SSSR count). The summed E-state index contributed by atoms with van der Waals surface area (Å²) in [6.45, 7) is 4.64. The summed E-state index contributed by atoms with van der Waals surface area (Å²) in [6, 6.07) is 12.9. The van der Waals surface area contributed by atoms with Crippen molar-refractivity contribution < 1.29 is 14.6 Å². The van der Waals surface area contributed by atoms with Gasteiger partial charge in [0.1, 0.15) is 11.5 Å². The van der Waals surface area contributed by atoms with Gasteiger partial charge in [-0.1, -0.05) is 24.3 Å². The van der Waals surface area contributed by atoms with Crippen LogP contribution in [0.1, 0.15) is 30.4 Å². The number of rotatable bonds is 8.